The number of carbonyl (C=O) groups is 1. The van der Waals surface area contributed by atoms with Crippen molar-refractivity contribution in [2.75, 3.05) is 6.54 Å². The van der Waals surface area contributed by atoms with Gasteiger partial charge in [-0.1, -0.05) is 24.3 Å². The van der Waals surface area contributed by atoms with Crippen LogP contribution in [0.4, 0.5) is 5.69 Å². The van der Waals surface area contributed by atoms with Crippen LogP contribution in [0.1, 0.15) is 30.4 Å². The van der Waals surface area contributed by atoms with Crippen LogP contribution < -0.4 is 5.32 Å². The van der Waals surface area contributed by atoms with Crippen LogP contribution in [-0.2, 0) is 23.2 Å². The van der Waals surface area contributed by atoms with Gasteiger partial charge in [-0.2, -0.15) is 5.10 Å². The number of nitro groups is 1. The van der Waals surface area contributed by atoms with Gasteiger partial charge >= 0.3 is 5.69 Å². The molecule has 1 aromatic carbocycles. The van der Waals surface area contributed by atoms with Gasteiger partial charge in [-0.05, 0) is 36.3 Å². The molecular weight excluding hydrogens is 320 g/mol. The third-order valence-electron chi connectivity index (χ3n) is 5.57. The SMILES string of the molecule is O=C(CCn1cc([N+](=O)[O-])cn1)NC[C@@H]1C[C@@]12CCc1ccccc12. The van der Waals surface area contributed by atoms with Crippen molar-refractivity contribution in [1.82, 2.24) is 15.1 Å². The number of benzene rings is 1. The van der Waals surface area contributed by atoms with Gasteiger partial charge in [-0.3, -0.25) is 19.6 Å². The zero-order valence-corrected chi connectivity index (χ0v) is 13.9. The number of fused-ring (bicyclic) bond motifs is 2. The van der Waals surface area contributed by atoms with Crippen molar-refractivity contribution in [3.63, 3.8) is 0 Å². The molecule has 0 unspecified atom stereocenters. The summed E-state index contributed by atoms with van der Waals surface area (Å²) in [6, 6.07) is 8.63. The van der Waals surface area contributed by atoms with Crippen molar-refractivity contribution in [2.45, 2.75) is 37.6 Å². The molecule has 1 spiro atoms. The average Bonchev–Trinajstić information content (AvgIpc) is 2.94. The van der Waals surface area contributed by atoms with Crippen LogP contribution in [0.3, 0.4) is 0 Å². The average molecular weight is 340 g/mol. The predicted molar refractivity (Wildman–Crippen MR) is 91.1 cm³/mol. The zero-order valence-electron chi connectivity index (χ0n) is 13.9. The highest BCUT2D eigenvalue weighted by Gasteiger charge is 2.57. The fraction of sp³-hybridized carbons (Fsp3) is 0.444. The quantitative estimate of drug-likeness (QED) is 0.645. The monoisotopic (exact) mass is 340 g/mol. The van der Waals surface area contributed by atoms with Crippen molar-refractivity contribution in [3.05, 3.63) is 57.9 Å². The van der Waals surface area contributed by atoms with E-state index in [1.165, 1.54) is 34.6 Å². The third kappa shape index (κ3) is 2.90. The maximum Gasteiger partial charge on any atom is 0.306 e. The largest absolute Gasteiger partial charge is 0.356 e. The van der Waals surface area contributed by atoms with Gasteiger partial charge in [0.2, 0.25) is 5.91 Å². The van der Waals surface area contributed by atoms with E-state index in [9.17, 15) is 14.9 Å². The van der Waals surface area contributed by atoms with Gasteiger partial charge in [0.1, 0.15) is 12.4 Å². The van der Waals surface area contributed by atoms with E-state index < -0.39 is 4.92 Å². The summed E-state index contributed by atoms with van der Waals surface area (Å²) in [5.74, 6) is 0.484. The summed E-state index contributed by atoms with van der Waals surface area (Å²) in [5.41, 5.74) is 3.15. The number of nitrogens with zero attached hydrogens (tertiary/aromatic N) is 3. The summed E-state index contributed by atoms with van der Waals surface area (Å²) in [7, 11) is 0. The molecule has 1 aromatic heterocycles. The van der Waals surface area contributed by atoms with Gasteiger partial charge in [-0.15, -0.1) is 0 Å². The lowest BCUT2D eigenvalue weighted by molar-refractivity contribution is -0.385. The number of aromatic nitrogens is 2. The van der Waals surface area contributed by atoms with Crippen LogP contribution >= 0.6 is 0 Å². The number of hydrogen-bond donors (Lipinski definition) is 1. The molecule has 1 heterocycles. The van der Waals surface area contributed by atoms with Gasteiger partial charge in [-0.25, -0.2) is 0 Å². The van der Waals surface area contributed by atoms with Crippen molar-refractivity contribution in [2.24, 2.45) is 5.92 Å². The minimum absolute atomic E-state index is 0.0357. The second-order valence-electron chi connectivity index (χ2n) is 6.99. The lowest BCUT2D eigenvalue weighted by Gasteiger charge is -2.12. The van der Waals surface area contributed by atoms with Crippen LogP contribution in [0.5, 0.6) is 0 Å². The minimum Gasteiger partial charge on any atom is -0.356 e. The molecule has 1 amide bonds. The number of hydrogen-bond acceptors (Lipinski definition) is 4. The molecule has 0 saturated heterocycles. The molecule has 2 aromatic rings. The van der Waals surface area contributed by atoms with Crippen molar-refractivity contribution in [3.8, 4) is 0 Å². The van der Waals surface area contributed by atoms with Crippen molar-refractivity contribution < 1.29 is 9.72 Å². The standard InChI is InChI=1S/C18H20N4O3/c23-17(6-8-21-12-15(11-20-21)22(24)25)19-10-14-9-18(14)7-5-13-3-1-2-4-16(13)18/h1-4,11-12,14H,5-10H2,(H,19,23)/t14-,18-/m0/s1. The third-order valence-corrected chi connectivity index (χ3v) is 5.57. The number of aryl methyl sites for hydroxylation is 2. The molecule has 7 nitrogen and oxygen atoms in total. The lowest BCUT2D eigenvalue weighted by atomic mass is 9.95. The van der Waals surface area contributed by atoms with Gasteiger partial charge in [0.15, 0.2) is 0 Å². The van der Waals surface area contributed by atoms with Gasteiger partial charge in [0.05, 0.1) is 4.92 Å². The highest BCUT2D eigenvalue weighted by molar-refractivity contribution is 5.75. The molecule has 130 valence electrons. The highest BCUT2D eigenvalue weighted by Crippen LogP contribution is 2.61. The Balaban J connectivity index is 1.26. The Hall–Kier alpha value is -2.70. The Morgan fingerprint density at radius 2 is 2.28 bits per heavy atom. The molecule has 2 aliphatic carbocycles. The van der Waals surface area contributed by atoms with Crippen LogP contribution in [0.15, 0.2) is 36.7 Å². The second kappa shape index (κ2) is 5.98. The number of nitrogens with one attached hydrogen (secondary N) is 1. The van der Waals surface area contributed by atoms with Crippen molar-refractivity contribution >= 4 is 11.6 Å². The Morgan fingerprint density at radius 3 is 3.08 bits per heavy atom. The topological polar surface area (TPSA) is 90.1 Å². The van der Waals surface area contributed by atoms with Crippen LogP contribution in [0, 0.1) is 16.0 Å². The number of carbonyl (C=O) groups excluding carboxylic acids is 1. The van der Waals surface area contributed by atoms with E-state index in [2.05, 4.69) is 34.7 Å². The summed E-state index contributed by atoms with van der Waals surface area (Å²) >= 11 is 0. The van der Waals surface area contributed by atoms with E-state index in [0.29, 0.717) is 19.0 Å². The highest BCUT2D eigenvalue weighted by atomic mass is 16.6. The first-order chi connectivity index (χ1) is 12.1. The molecule has 2 atom stereocenters. The summed E-state index contributed by atoms with van der Waals surface area (Å²) < 4.78 is 1.43. The molecule has 0 bridgehead atoms. The maximum atomic E-state index is 12.1. The van der Waals surface area contributed by atoms with Crippen LogP contribution in [-0.4, -0.2) is 27.2 Å². The van der Waals surface area contributed by atoms with E-state index >= 15 is 0 Å². The smallest absolute Gasteiger partial charge is 0.306 e. The maximum absolute atomic E-state index is 12.1. The number of rotatable bonds is 6. The Kier molecular flexibility index (Phi) is 3.78. The Morgan fingerprint density at radius 1 is 1.44 bits per heavy atom. The zero-order chi connectivity index (χ0) is 17.4. The molecule has 1 N–H and O–H groups in total. The fourth-order valence-electron chi connectivity index (χ4n) is 4.11. The molecule has 25 heavy (non-hydrogen) atoms. The number of amides is 1. The van der Waals surface area contributed by atoms with Crippen molar-refractivity contribution in [1.29, 1.82) is 0 Å². The van der Waals surface area contributed by atoms with E-state index in [0.717, 1.165) is 12.8 Å². The summed E-state index contributed by atoms with van der Waals surface area (Å²) in [6.45, 7) is 1.05. The van der Waals surface area contributed by atoms with Gasteiger partial charge in [0, 0.05) is 24.9 Å². The van der Waals surface area contributed by atoms with E-state index in [4.69, 9.17) is 0 Å². The summed E-state index contributed by atoms with van der Waals surface area (Å²) in [5, 5.41) is 17.5. The van der Waals surface area contributed by atoms with Gasteiger partial charge < -0.3 is 5.32 Å². The molecule has 0 radical (unpaired) electrons. The Bertz CT molecular complexity index is 831. The van der Waals surface area contributed by atoms with E-state index in [1.54, 1.807) is 0 Å². The van der Waals surface area contributed by atoms with E-state index in [-0.39, 0.29) is 23.4 Å². The summed E-state index contributed by atoms with van der Waals surface area (Å²) in [4.78, 5) is 22.2. The normalized spacial score (nSPS) is 23.4. The first-order valence-electron chi connectivity index (χ1n) is 8.60. The molecular formula is C18H20N4O3. The second-order valence-corrected chi connectivity index (χ2v) is 6.99. The van der Waals surface area contributed by atoms with Crippen LogP contribution in [0.2, 0.25) is 0 Å². The molecule has 2 aliphatic rings. The molecule has 7 heteroatoms. The van der Waals surface area contributed by atoms with E-state index in [1.807, 2.05) is 0 Å². The lowest BCUT2D eigenvalue weighted by Crippen LogP contribution is -2.28. The fourth-order valence-corrected chi connectivity index (χ4v) is 4.11. The summed E-state index contributed by atoms with van der Waals surface area (Å²) in [6.07, 6.45) is 6.29. The van der Waals surface area contributed by atoms with Gasteiger partial charge in [0.25, 0.3) is 0 Å². The first-order valence-corrected chi connectivity index (χ1v) is 8.60. The molecule has 1 fully saturated rings. The first kappa shape index (κ1) is 15.8. The predicted octanol–water partition coefficient (Wildman–Crippen LogP) is 2.20. The molecule has 4 rings (SSSR count). The minimum atomic E-state index is -0.491. The van der Waals surface area contributed by atoms with Crippen LogP contribution in [0.25, 0.3) is 0 Å². The Labute approximate surface area is 145 Å². The molecule has 0 aliphatic heterocycles. The molecule has 1 saturated carbocycles.